The number of hydrogen-bond acceptors (Lipinski definition) is 4. The van der Waals surface area contributed by atoms with Crippen LogP contribution in [0.2, 0.25) is 5.02 Å². The monoisotopic (exact) mass is 404 g/mol. The van der Waals surface area contributed by atoms with Gasteiger partial charge in [0.2, 0.25) is 0 Å². The summed E-state index contributed by atoms with van der Waals surface area (Å²) >= 11 is 6.08. The Morgan fingerprint density at radius 2 is 1.52 bits per heavy atom. The molecule has 0 saturated heterocycles. The summed E-state index contributed by atoms with van der Waals surface area (Å²) in [5, 5.41) is 0.651. The Morgan fingerprint density at radius 1 is 0.862 bits per heavy atom. The van der Waals surface area contributed by atoms with Crippen LogP contribution >= 0.6 is 11.6 Å². The molecule has 1 aliphatic carbocycles. The number of Topliss-reactive ketones (excluding diaryl/α,β-unsaturated/α-hetero) is 1. The van der Waals surface area contributed by atoms with Gasteiger partial charge in [-0.15, -0.1) is 0 Å². The van der Waals surface area contributed by atoms with Crippen LogP contribution in [0.15, 0.2) is 60.7 Å². The fraction of sp³-hybridized carbons (Fsp3) is 0.125. The molecule has 0 aromatic heterocycles. The standard InChI is InChI=1S/C24H17ClO4/c1-27-19-11-17-18(12-20(19)28-2)23(13-7-9-14(25)10-8-13)29-24-16-6-4-3-5-15(16)22(26)21(17)24/h3-12,23H,1-2H3/t23-/m1/s1. The molecule has 0 fully saturated rings. The highest BCUT2D eigenvalue weighted by atomic mass is 35.5. The Balaban J connectivity index is 1.78. The number of fused-ring (bicyclic) bond motifs is 4. The van der Waals surface area contributed by atoms with Gasteiger partial charge in [0, 0.05) is 27.3 Å². The average Bonchev–Trinajstić information content (AvgIpc) is 3.05. The predicted octanol–water partition coefficient (Wildman–Crippen LogP) is 5.54. The Kier molecular flexibility index (Phi) is 4.10. The smallest absolute Gasteiger partial charge is 0.198 e. The van der Waals surface area contributed by atoms with Crippen molar-refractivity contribution >= 4 is 28.7 Å². The van der Waals surface area contributed by atoms with Gasteiger partial charge in [-0.1, -0.05) is 48.0 Å². The van der Waals surface area contributed by atoms with Gasteiger partial charge in [0.15, 0.2) is 17.3 Å². The quantitative estimate of drug-likeness (QED) is 0.574. The number of ketones is 1. The van der Waals surface area contributed by atoms with Gasteiger partial charge in [0.05, 0.1) is 19.8 Å². The summed E-state index contributed by atoms with van der Waals surface area (Å²) in [4.78, 5) is 13.2. The second-order valence-electron chi connectivity index (χ2n) is 6.92. The molecule has 0 amide bonds. The first kappa shape index (κ1) is 17.8. The third kappa shape index (κ3) is 2.64. The molecule has 29 heavy (non-hydrogen) atoms. The summed E-state index contributed by atoms with van der Waals surface area (Å²) in [6.07, 6.45) is -0.403. The van der Waals surface area contributed by atoms with Crippen LogP contribution in [0.4, 0.5) is 0 Å². The molecule has 2 aliphatic rings. The molecule has 4 nitrogen and oxygen atoms in total. The van der Waals surface area contributed by atoms with E-state index in [2.05, 4.69) is 0 Å². The van der Waals surface area contributed by atoms with Crippen molar-refractivity contribution in [2.45, 2.75) is 6.10 Å². The number of carbonyl (C=O) groups is 1. The topological polar surface area (TPSA) is 44.8 Å². The molecular weight excluding hydrogens is 388 g/mol. The molecule has 1 heterocycles. The third-order valence-corrected chi connectivity index (χ3v) is 5.64. The minimum absolute atomic E-state index is 0.0429. The lowest BCUT2D eigenvalue weighted by atomic mass is 9.88. The van der Waals surface area contributed by atoms with Crippen molar-refractivity contribution in [2.24, 2.45) is 0 Å². The van der Waals surface area contributed by atoms with E-state index in [0.29, 0.717) is 33.4 Å². The van der Waals surface area contributed by atoms with Crippen LogP contribution in [-0.4, -0.2) is 20.0 Å². The zero-order chi connectivity index (χ0) is 20.1. The highest BCUT2D eigenvalue weighted by molar-refractivity contribution is 6.39. The highest BCUT2D eigenvalue weighted by Crippen LogP contribution is 2.51. The first-order chi connectivity index (χ1) is 14.1. The van der Waals surface area contributed by atoms with Gasteiger partial charge in [0.25, 0.3) is 0 Å². The first-order valence-electron chi connectivity index (χ1n) is 9.19. The fourth-order valence-corrected chi connectivity index (χ4v) is 4.14. The second-order valence-corrected chi connectivity index (χ2v) is 7.36. The fourth-order valence-electron chi connectivity index (χ4n) is 4.01. The molecule has 5 heteroatoms. The predicted molar refractivity (Wildman–Crippen MR) is 112 cm³/mol. The maximum Gasteiger partial charge on any atom is 0.198 e. The van der Waals surface area contributed by atoms with Crippen LogP contribution in [0.3, 0.4) is 0 Å². The van der Waals surface area contributed by atoms with Crippen molar-refractivity contribution in [3.05, 3.63) is 93.5 Å². The van der Waals surface area contributed by atoms with Crippen molar-refractivity contribution in [1.29, 1.82) is 0 Å². The minimum Gasteiger partial charge on any atom is -0.493 e. The van der Waals surface area contributed by atoms with Crippen LogP contribution in [0.1, 0.15) is 38.7 Å². The van der Waals surface area contributed by atoms with Gasteiger partial charge in [0.1, 0.15) is 11.9 Å². The van der Waals surface area contributed by atoms with Crippen molar-refractivity contribution < 1.29 is 19.0 Å². The Labute approximate surface area is 173 Å². The lowest BCUT2D eigenvalue weighted by molar-refractivity contribution is 0.105. The summed E-state index contributed by atoms with van der Waals surface area (Å²) in [6, 6.07) is 18.8. The average molecular weight is 405 g/mol. The number of halogens is 1. The van der Waals surface area contributed by atoms with Gasteiger partial charge in [-0.05, 0) is 29.8 Å². The number of carbonyl (C=O) groups excluding carboxylic acids is 1. The number of allylic oxidation sites excluding steroid dienone is 1. The minimum atomic E-state index is -0.403. The van der Waals surface area contributed by atoms with Crippen molar-refractivity contribution in [2.75, 3.05) is 14.2 Å². The molecule has 0 spiro atoms. The molecule has 0 saturated carbocycles. The number of benzene rings is 3. The van der Waals surface area contributed by atoms with Crippen molar-refractivity contribution in [3.63, 3.8) is 0 Å². The zero-order valence-corrected chi connectivity index (χ0v) is 16.6. The van der Waals surface area contributed by atoms with Gasteiger partial charge >= 0.3 is 0 Å². The van der Waals surface area contributed by atoms with Gasteiger partial charge in [-0.2, -0.15) is 0 Å². The summed E-state index contributed by atoms with van der Waals surface area (Å²) in [7, 11) is 3.17. The second kappa shape index (κ2) is 6.68. The molecule has 1 aliphatic heterocycles. The maximum absolute atomic E-state index is 13.2. The molecule has 0 radical (unpaired) electrons. The number of methoxy groups -OCH3 is 2. The summed E-state index contributed by atoms with van der Waals surface area (Å²) < 4.78 is 17.5. The molecule has 3 aromatic rings. The van der Waals surface area contributed by atoms with E-state index in [-0.39, 0.29) is 5.78 Å². The van der Waals surface area contributed by atoms with E-state index in [0.717, 1.165) is 22.3 Å². The van der Waals surface area contributed by atoms with E-state index in [1.54, 1.807) is 14.2 Å². The summed E-state index contributed by atoms with van der Waals surface area (Å²) in [5.41, 5.74) is 4.61. The van der Waals surface area contributed by atoms with Crippen LogP contribution < -0.4 is 9.47 Å². The highest BCUT2D eigenvalue weighted by Gasteiger charge is 2.40. The van der Waals surface area contributed by atoms with E-state index in [4.69, 9.17) is 25.8 Å². The molecule has 144 valence electrons. The summed E-state index contributed by atoms with van der Waals surface area (Å²) in [6.45, 7) is 0. The van der Waals surface area contributed by atoms with Gasteiger partial charge in [-0.25, -0.2) is 0 Å². The molecule has 5 rings (SSSR count). The SMILES string of the molecule is COc1cc2c(cc1OC)[C@@H](c1ccc(Cl)cc1)OC1=C2C(=O)c2ccccc21. The van der Waals surface area contributed by atoms with E-state index in [1.807, 2.05) is 60.7 Å². The number of rotatable bonds is 3. The van der Waals surface area contributed by atoms with Gasteiger partial charge < -0.3 is 14.2 Å². The number of ether oxygens (including phenoxy) is 3. The summed E-state index contributed by atoms with van der Waals surface area (Å²) in [5.74, 6) is 1.71. The Bertz CT molecular complexity index is 1180. The molecule has 1 atom stereocenters. The van der Waals surface area contributed by atoms with E-state index >= 15 is 0 Å². The molecule has 0 bridgehead atoms. The molecule has 0 unspecified atom stereocenters. The van der Waals surface area contributed by atoms with Crippen molar-refractivity contribution in [3.8, 4) is 11.5 Å². The Morgan fingerprint density at radius 3 is 2.21 bits per heavy atom. The maximum atomic E-state index is 13.2. The van der Waals surface area contributed by atoms with Crippen LogP contribution in [0, 0.1) is 0 Å². The molecule has 3 aromatic carbocycles. The van der Waals surface area contributed by atoms with Crippen LogP contribution in [0.5, 0.6) is 11.5 Å². The normalized spacial score (nSPS) is 16.7. The van der Waals surface area contributed by atoms with Crippen molar-refractivity contribution in [1.82, 2.24) is 0 Å². The van der Waals surface area contributed by atoms with Crippen LogP contribution in [-0.2, 0) is 4.74 Å². The van der Waals surface area contributed by atoms with Crippen LogP contribution in [0.25, 0.3) is 11.3 Å². The van der Waals surface area contributed by atoms with Gasteiger partial charge in [-0.3, -0.25) is 4.79 Å². The Hall–Kier alpha value is -3.24. The largest absolute Gasteiger partial charge is 0.493 e. The first-order valence-corrected chi connectivity index (χ1v) is 9.57. The van der Waals surface area contributed by atoms with E-state index in [1.165, 1.54) is 0 Å². The third-order valence-electron chi connectivity index (χ3n) is 5.39. The van der Waals surface area contributed by atoms with E-state index in [9.17, 15) is 4.79 Å². The molecular formula is C24H17ClO4. The number of hydrogen-bond donors (Lipinski definition) is 0. The molecule has 0 N–H and O–H groups in total. The van der Waals surface area contributed by atoms with E-state index < -0.39 is 6.10 Å². The lowest BCUT2D eigenvalue weighted by Gasteiger charge is -2.29. The zero-order valence-electron chi connectivity index (χ0n) is 15.9. The lowest BCUT2D eigenvalue weighted by Crippen LogP contribution is -2.15.